The fraction of sp³-hybridized carbons (Fsp3) is 0.316. The van der Waals surface area contributed by atoms with Gasteiger partial charge in [0.1, 0.15) is 11.4 Å². The molecule has 8 heteroatoms. The van der Waals surface area contributed by atoms with Crippen LogP contribution in [0, 0.1) is 18.8 Å². The van der Waals surface area contributed by atoms with Crippen molar-refractivity contribution in [1.29, 1.82) is 0 Å². The lowest BCUT2D eigenvalue weighted by molar-refractivity contribution is -0.128. The maximum atomic E-state index is 13.1. The van der Waals surface area contributed by atoms with Crippen LogP contribution in [0.3, 0.4) is 0 Å². The summed E-state index contributed by atoms with van der Waals surface area (Å²) in [5, 5.41) is 7.32. The number of amides is 2. The molecule has 2 aromatic rings. The number of rotatable bonds is 3. The van der Waals surface area contributed by atoms with Crippen LogP contribution in [0.4, 0.5) is 11.5 Å². The molecule has 1 aromatic carbocycles. The van der Waals surface area contributed by atoms with E-state index in [2.05, 4.69) is 10.5 Å². The van der Waals surface area contributed by atoms with Crippen molar-refractivity contribution < 1.29 is 18.8 Å². The molecule has 0 aliphatic carbocycles. The highest BCUT2D eigenvalue weighted by molar-refractivity contribution is 6.30. The van der Waals surface area contributed by atoms with E-state index in [0.717, 1.165) is 0 Å². The van der Waals surface area contributed by atoms with Crippen molar-refractivity contribution in [2.24, 2.45) is 11.8 Å². The summed E-state index contributed by atoms with van der Waals surface area (Å²) in [4.78, 5) is 27.6. The molecule has 2 fully saturated rings. The molecule has 2 amide bonds. The van der Waals surface area contributed by atoms with Gasteiger partial charge in [-0.3, -0.25) is 14.5 Å². The molecule has 3 aliphatic rings. The summed E-state index contributed by atoms with van der Waals surface area (Å²) in [5.41, 5.74) is -0.215. The fourth-order valence-corrected chi connectivity index (χ4v) is 4.45. The van der Waals surface area contributed by atoms with Gasteiger partial charge in [0.25, 0.3) is 0 Å². The lowest BCUT2D eigenvalue weighted by Crippen LogP contribution is -2.41. The first-order chi connectivity index (χ1) is 13.0. The van der Waals surface area contributed by atoms with Crippen LogP contribution in [-0.2, 0) is 14.3 Å². The number of hydrogen-bond donors (Lipinski definition) is 1. The molecule has 1 N–H and O–H groups in total. The smallest absolute Gasteiger partial charge is 0.235 e. The molecule has 4 heterocycles. The second kappa shape index (κ2) is 5.68. The number of benzene rings is 1. The molecule has 5 rings (SSSR count). The summed E-state index contributed by atoms with van der Waals surface area (Å²) in [6, 6.07) is 8.61. The van der Waals surface area contributed by atoms with Crippen LogP contribution in [-0.4, -0.2) is 35.2 Å². The van der Waals surface area contributed by atoms with Gasteiger partial charge in [0, 0.05) is 16.8 Å². The van der Waals surface area contributed by atoms with Gasteiger partial charge < -0.3 is 14.6 Å². The van der Waals surface area contributed by atoms with E-state index in [9.17, 15) is 9.59 Å². The van der Waals surface area contributed by atoms with Crippen molar-refractivity contribution in [3.8, 4) is 0 Å². The number of fused-ring (bicyclic) bond motifs is 1. The number of hydrogen-bond acceptors (Lipinski definition) is 5. The summed E-state index contributed by atoms with van der Waals surface area (Å²) >= 11 is 5.99. The van der Waals surface area contributed by atoms with Crippen molar-refractivity contribution in [2.45, 2.75) is 18.6 Å². The Balaban J connectivity index is 1.44. The van der Waals surface area contributed by atoms with Crippen molar-refractivity contribution >= 4 is 34.9 Å². The molecular weight excluding hydrogens is 370 g/mol. The summed E-state index contributed by atoms with van der Waals surface area (Å²) in [5.74, 6) is -0.589. The van der Waals surface area contributed by atoms with Gasteiger partial charge in [0.15, 0.2) is 5.82 Å². The first-order valence-corrected chi connectivity index (χ1v) is 9.03. The maximum absolute atomic E-state index is 13.1. The SMILES string of the molecule is Cc1cc(N2C[C@]34C=C[C@@H](O3)C(C(=O)Nc3cccc(Cl)c3)C4C2=O)no1. The van der Waals surface area contributed by atoms with E-state index in [1.807, 2.05) is 12.2 Å². The second-order valence-corrected chi connectivity index (χ2v) is 7.56. The topological polar surface area (TPSA) is 84.7 Å². The minimum atomic E-state index is -0.801. The largest absolute Gasteiger partial charge is 0.360 e. The lowest BCUT2D eigenvalue weighted by Gasteiger charge is -2.23. The predicted octanol–water partition coefficient (Wildman–Crippen LogP) is 2.56. The first kappa shape index (κ1) is 16.5. The van der Waals surface area contributed by atoms with E-state index in [4.69, 9.17) is 20.9 Å². The molecule has 2 saturated heterocycles. The number of halogens is 1. The number of anilines is 2. The van der Waals surface area contributed by atoms with Gasteiger partial charge in [0.05, 0.1) is 24.5 Å². The van der Waals surface area contributed by atoms with E-state index < -0.39 is 23.5 Å². The van der Waals surface area contributed by atoms with Crippen LogP contribution in [0.2, 0.25) is 5.02 Å². The van der Waals surface area contributed by atoms with Gasteiger partial charge in [-0.05, 0) is 25.1 Å². The molecule has 1 spiro atoms. The molecule has 0 radical (unpaired) electrons. The third kappa shape index (κ3) is 2.42. The van der Waals surface area contributed by atoms with E-state index in [0.29, 0.717) is 28.8 Å². The lowest BCUT2D eigenvalue weighted by atomic mass is 9.77. The Bertz CT molecular complexity index is 987. The van der Waals surface area contributed by atoms with Gasteiger partial charge >= 0.3 is 0 Å². The number of carbonyl (C=O) groups is 2. The summed E-state index contributed by atoms with van der Waals surface area (Å²) in [6.07, 6.45) is 3.35. The highest BCUT2D eigenvalue weighted by Crippen LogP contribution is 2.52. The minimum absolute atomic E-state index is 0.179. The zero-order valence-electron chi connectivity index (χ0n) is 14.4. The molecule has 7 nitrogen and oxygen atoms in total. The number of carbonyl (C=O) groups excluding carboxylic acids is 2. The standard InChI is InChI=1S/C19H16ClN3O4/c1-10-7-14(22-27-10)23-9-19-6-5-13(26-19)15(16(19)18(23)25)17(24)21-12-4-2-3-11(20)8-12/h2-8,13,15-16H,9H2,1H3,(H,21,24)/t13-,15?,16?,19+/m1/s1. The molecule has 3 aliphatic heterocycles. The summed E-state index contributed by atoms with van der Waals surface area (Å²) in [7, 11) is 0. The molecule has 138 valence electrons. The van der Waals surface area contributed by atoms with Crippen molar-refractivity contribution in [3.05, 3.63) is 53.3 Å². The number of aromatic nitrogens is 1. The Labute approximate surface area is 159 Å². The van der Waals surface area contributed by atoms with Gasteiger partial charge in [0.2, 0.25) is 11.8 Å². The van der Waals surface area contributed by atoms with Crippen LogP contribution in [0.15, 0.2) is 47.0 Å². The van der Waals surface area contributed by atoms with Crippen molar-refractivity contribution in [1.82, 2.24) is 5.16 Å². The molecular formula is C19H16ClN3O4. The Morgan fingerprint density at radius 1 is 1.41 bits per heavy atom. The first-order valence-electron chi connectivity index (χ1n) is 8.65. The third-order valence-electron chi connectivity index (χ3n) is 5.39. The van der Waals surface area contributed by atoms with Crippen LogP contribution in [0.5, 0.6) is 0 Å². The summed E-state index contributed by atoms with van der Waals surface area (Å²) < 4.78 is 11.2. The summed E-state index contributed by atoms with van der Waals surface area (Å²) in [6.45, 7) is 2.08. The normalized spacial score (nSPS) is 30.8. The predicted molar refractivity (Wildman–Crippen MR) is 97.4 cm³/mol. The third-order valence-corrected chi connectivity index (χ3v) is 5.62. The minimum Gasteiger partial charge on any atom is -0.360 e. The van der Waals surface area contributed by atoms with E-state index >= 15 is 0 Å². The average molecular weight is 386 g/mol. The molecule has 27 heavy (non-hydrogen) atoms. The zero-order valence-corrected chi connectivity index (χ0v) is 15.1. The zero-order chi connectivity index (χ0) is 18.8. The highest BCUT2D eigenvalue weighted by Gasteiger charge is 2.67. The second-order valence-electron chi connectivity index (χ2n) is 7.12. The van der Waals surface area contributed by atoms with Crippen molar-refractivity contribution in [2.75, 3.05) is 16.8 Å². The fourth-order valence-electron chi connectivity index (χ4n) is 4.26. The van der Waals surface area contributed by atoms with E-state index in [1.165, 1.54) is 4.90 Å². The van der Waals surface area contributed by atoms with Gasteiger partial charge in [-0.15, -0.1) is 0 Å². The Morgan fingerprint density at radius 2 is 2.26 bits per heavy atom. The van der Waals surface area contributed by atoms with Crippen molar-refractivity contribution in [3.63, 3.8) is 0 Å². The van der Waals surface area contributed by atoms with Crippen LogP contribution >= 0.6 is 11.6 Å². The van der Waals surface area contributed by atoms with Gasteiger partial charge in [-0.25, -0.2) is 0 Å². The molecule has 4 atom stereocenters. The number of nitrogens with one attached hydrogen (secondary N) is 1. The van der Waals surface area contributed by atoms with E-state index in [1.54, 1.807) is 37.3 Å². The number of ether oxygens (including phenoxy) is 1. The number of aryl methyl sites for hydroxylation is 1. The average Bonchev–Trinajstić information content (AvgIpc) is 3.36. The van der Waals surface area contributed by atoms with Crippen LogP contribution in [0.25, 0.3) is 0 Å². The molecule has 0 saturated carbocycles. The maximum Gasteiger partial charge on any atom is 0.235 e. The number of nitrogens with zero attached hydrogens (tertiary/aromatic N) is 2. The monoisotopic (exact) mass is 385 g/mol. The quantitative estimate of drug-likeness (QED) is 0.821. The van der Waals surface area contributed by atoms with E-state index in [-0.39, 0.29) is 11.8 Å². The molecule has 2 bridgehead atoms. The Hall–Kier alpha value is -2.64. The molecule has 1 aromatic heterocycles. The van der Waals surface area contributed by atoms with Gasteiger partial charge in [-0.1, -0.05) is 35.0 Å². The Morgan fingerprint density at radius 3 is 3.00 bits per heavy atom. The van der Waals surface area contributed by atoms with Crippen LogP contribution < -0.4 is 10.2 Å². The highest BCUT2D eigenvalue weighted by atomic mass is 35.5. The van der Waals surface area contributed by atoms with Crippen LogP contribution in [0.1, 0.15) is 5.76 Å². The Kier molecular flexibility index (Phi) is 3.47. The van der Waals surface area contributed by atoms with Gasteiger partial charge in [-0.2, -0.15) is 0 Å². The molecule has 2 unspecified atom stereocenters.